The minimum absolute atomic E-state index is 0.00652. The van der Waals surface area contributed by atoms with E-state index >= 15 is 0 Å². The lowest BCUT2D eigenvalue weighted by molar-refractivity contribution is 0.0755. The third kappa shape index (κ3) is 2.93. The van der Waals surface area contributed by atoms with E-state index in [1.165, 1.54) is 11.3 Å². The number of amides is 1. The van der Waals surface area contributed by atoms with Gasteiger partial charge in [0.2, 0.25) is 0 Å². The van der Waals surface area contributed by atoms with Gasteiger partial charge in [-0.15, -0.1) is 11.3 Å². The fourth-order valence-corrected chi connectivity index (χ4v) is 5.66. The first-order chi connectivity index (χ1) is 11.3. The van der Waals surface area contributed by atoms with Crippen LogP contribution in [0.1, 0.15) is 40.7 Å². The van der Waals surface area contributed by atoms with E-state index < -0.39 is 10.8 Å². The molecular formula is C16H21N3O3S2. The number of nitrogens with zero attached hydrogens (tertiary/aromatic N) is 3. The van der Waals surface area contributed by atoms with Gasteiger partial charge < -0.3 is 9.42 Å². The van der Waals surface area contributed by atoms with E-state index in [-0.39, 0.29) is 16.4 Å². The molecule has 0 bridgehead atoms. The minimum Gasteiger partial charge on any atom is -0.361 e. The monoisotopic (exact) mass is 367 g/mol. The SMILES string of the molecule is Cc1nc(-c2c(C)noc2C)sc1C(=O)N1CC(C)S(=O)C(C)C1. The summed E-state index contributed by atoms with van der Waals surface area (Å²) in [4.78, 5) is 19.9. The van der Waals surface area contributed by atoms with Crippen LogP contribution >= 0.6 is 11.3 Å². The van der Waals surface area contributed by atoms with Crippen LogP contribution in [0, 0.1) is 20.8 Å². The number of hydrogen-bond acceptors (Lipinski definition) is 6. The average molecular weight is 367 g/mol. The first-order valence-electron chi connectivity index (χ1n) is 7.89. The van der Waals surface area contributed by atoms with Crippen LogP contribution in [0.25, 0.3) is 10.6 Å². The Labute approximate surface area is 147 Å². The van der Waals surface area contributed by atoms with Crippen LogP contribution in [0.4, 0.5) is 0 Å². The number of thiazole rings is 1. The van der Waals surface area contributed by atoms with Gasteiger partial charge in [0.15, 0.2) is 0 Å². The van der Waals surface area contributed by atoms with Gasteiger partial charge in [0, 0.05) is 34.4 Å². The zero-order valence-corrected chi connectivity index (χ0v) is 16.1. The highest BCUT2D eigenvalue weighted by molar-refractivity contribution is 7.86. The van der Waals surface area contributed by atoms with Crippen LogP contribution < -0.4 is 0 Å². The fraction of sp³-hybridized carbons (Fsp3) is 0.562. The van der Waals surface area contributed by atoms with Crippen molar-refractivity contribution >= 4 is 28.0 Å². The van der Waals surface area contributed by atoms with E-state index in [0.29, 0.717) is 29.4 Å². The summed E-state index contributed by atoms with van der Waals surface area (Å²) in [6.07, 6.45) is 0. The van der Waals surface area contributed by atoms with Crippen LogP contribution in [-0.2, 0) is 10.8 Å². The maximum Gasteiger partial charge on any atom is 0.265 e. The largest absolute Gasteiger partial charge is 0.361 e. The Morgan fingerprint density at radius 3 is 2.38 bits per heavy atom. The average Bonchev–Trinajstić information content (AvgIpc) is 3.06. The molecule has 1 amide bonds. The Hall–Kier alpha value is -1.54. The smallest absolute Gasteiger partial charge is 0.265 e. The molecule has 2 atom stereocenters. The molecule has 2 unspecified atom stereocenters. The van der Waals surface area contributed by atoms with Gasteiger partial charge in [0.1, 0.15) is 15.6 Å². The van der Waals surface area contributed by atoms with E-state index in [4.69, 9.17) is 4.52 Å². The fourth-order valence-electron chi connectivity index (χ4n) is 3.04. The first-order valence-corrected chi connectivity index (χ1v) is 9.98. The highest BCUT2D eigenvalue weighted by atomic mass is 32.2. The molecule has 3 rings (SSSR count). The highest BCUT2D eigenvalue weighted by Gasteiger charge is 2.33. The minimum atomic E-state index is -0.881. The van der Waals surface area contributed by atoms with Gasteiger partial charge in [-0.25, -0.2) is 4.98 Å². The molecule has 2 aromatic rings. The molecule has 0 spiro atoms. The Bertz CT molecular complexity index is 778. The lowest BCUT2D eigenvalue weighted by Crippen LogP contribution is -2.49. The lowest BCUT2D eigenvalue weighted by Gasteiger charge is -2.34. The maximum atomic E-state index is 12.9. The summed E-state index contributed by atoms with van der Waals surface area (Å²) in [7, 11) is -0.881. The maximum absolute atomic E-state index is 12.9. The predicted octanol–water partition coefficient (Wildman–Crippen LogP) is 2.70. The van der Waals surface area contributed by atoms with E-state index in [1.807, 2.05) is 34.6 Å². The standard InChI is InChI=1S/C16H21N3O3S2/c1-8-6-19(7-9(2)24(8)21)16(20)14-11(4)17-15(23-14)13-10(3)18-22-12(13)5/h8-9H,6-7H2,1-5H3. The van der Waals surface area contributed by atoms with Gasteiger partial charge in [-0.3, -0.25) is 9.00 Å². The summed E-state index contributed by atoms with van der Waals surface area (Å²) < 4.78 is 17.3. The van der Waals surface area contributed by atoms with Crippen molar-refractivity contribution in [2.75, 3.05) is 13.1 Å². The third-order valence-electron chi connectivity index (χ3n) is 4.27. The van der Waals surface area contributed by atoms with Gasteiger partial charge >= 0.3 is 0 Å². The summed E-state index contributed by atoms with van der Waals surface area (Å²) in [5.41, 5.74) is 2.35. The molecule has 2 aromatic heterocycles. The van der Waals surface area contributed by atoms with Crippen molar-refractivity contribution < 1.29 is 13.5 Å². The van der Waals surface area contributed by atoms with Crippen molar-refractivity contribution in [2.24, 2.45) is 0 Å². The molecule has 1 aliphatic heterocycles. The second-order valence-electron chi connectivity index (χ2n) is 6.29. The van der Waals surface area contributed by atoms with E-state index in [1.54, 1.807) is 4.90 Å². The number of aromatic nitrogens is 2. The molecule has 0 N–H and O–H groups in total. The van der Waals surface area contributed by atoms with Crippen molar-refractivity contribution in [3.63, 3.8) is 0 Å². The molecule has 0 aliphatic carbocycles. The second kappa shape index (κ2) is 6.40. The molecule has 0 saturated carbocycles. The summed E-state index contributed by atoms with van der Waals surface area (Å²) >= 11 is 1.37. The molecule has 1 aliphatic rings. The lowest BCUT2D eigenvalue weighted by atomic mass is 10.2. The van der Waals surface area contributed by atoms with Crippen LogP contribution in [0.5, 0.6) is 0 Å². The van der Waals surface area contributed by atoms with Crippen molar-refractivity contribution in [3.05, 3.63) is 22.0 Å². The van der Waals surface area contributed by atoms with Gasteiger partial charge in [-0.1, -0.05) is 5.16 Å². The van der Waals surface area contributed by atoms with Gasteiger partial charge in [-0.2, -0.15) is 0 Å². The summed E-state index contributed by atoms with van der Waals surface area (Å²) in [6, 6.07) is 0. The topological polar surface area (TPSA) is 76.3 Å². The second-order valence-corrected chi connectivity index (χ2v) is 9.56. The van der Waals surface area contributed by atoms with Crippen molar-refractivity contribution in [2.45, 2.75) is 45.1 Å². The molecule has 8 heteroatoms. The van der Waals surface area contributed by atoms with Gasteiger partial charge in [-0.05, 0) is 34.6 Å². The number of carbonyl (C=O) groups excluding carboxylic acids is 1. The van der Waals surface area contributed by atoms with Gasteiger partial charge in [0.25, 0.3) is 5.91 Å². The number of hydrogen-bond donors (Lipinski definition) is 0. The van der Waals surface area contributed by atoms with E-state index in [9.17, 15) is 9.00 Å². The Balaban J connectivity index is 1.90. The van der Waals surface area contributed by atoms with Crippen LogP contribution in [0.15, 0.2) is 4.52 Å². The predicted molar refractivity (Wildman–Crippen MR) is 94.8 cm³/mol. The summed E-state index contributed by atoms with van der Waals surface area (Å²) in [5, 5.41) is 4.70. The highest BCUT2D eigenvalue weighted by Crippen LogP contribution is 2.33. The zero-order valence-electron chi connectivity index (χ0n) is 14.5. The number of aryl methyl sites for hydroxylation is 3. The first kappa shape index (κ1) is 17.3. The normalized spacial score (nSPS) is 24.4. The van der Waals surface area contributed by atoms with E-state index in [0.717, 1.165) is 16.3 Å². The van der Waals surface area contributed by atoms with Crippen molar-refractivity contribution in [3.8, 4) is 10.6 Å². The number of rotatable bonds is 2. The Kier molecular flexibility index (Phi) is 4.61. The van der Waals surface area contributed by atoms with E-state index in [2.05, 4.69) is 10.1 Å². The van der Waals surface area contributed by atoms with Crippen molar-refractivity contribution in [1.29, 1.82) is 0 Å². The number of carbonyl (C=O) groups is 1. The Morgan fingerprint density at radius 1 is 1.21 bits per heavy atom. The zero-order chi connectivity index (χ0) is 17.6. The third-order valence-corrected chi connectivity index (χ3v) is 7.32. The van der Waals surface area contributed by atoms with Gasteiger partial charge in [0.05, 0.1) is 17.0 Å². The molecule has 1 fully saturated rings. The molecule has 0 radical (unpaired) electrons. The quantitative estimate of drug-likeness (QED) is 0.816. The van der Waals surface area contributed by atoms with Crippen LogP contribution in [-0.4, -0.2) is 48.7 Å². The molecule has 6 nitrogen and oxygen atoms in total. The molecule has 3 heterocycles. The molecule has 0 aromatic carbocycles. The molecule has 130 valence electrons. The van der Waals surface area contributed by atoms with Crippen LogP contribution in [0.3, 0.4) is 0 Å². The van der Waals surface area contributed by atoms with Crippen LogP contribution in [0.2, 0.25) is 0 Å². The molecular weight excluding hydrogens is 346 g/mol. The molecule has 1 saturated heterocycles. The Morgan fingerprint density at radius 2 is 1.83 bits per heavy atom. The van der Waals surface area contributed by atoms with Crippen molar-refractivity contribution in [1.82, 2.24) is 15.0 Å². The molecule has 24 heavy (non-hydrogen) atoms. The summed E-state index contributed by atoms with van der Waals surface area (Å²) in [5.74, 6) is 0.675. The summed E-state index contributed by atoms with van der Waals surface area (Å²) in [6.45, 7) is 10.5.